The Morgan fingerprint density at radius 1 is 1.28 bits per heavy atom. The molecule has 1 fully saturated rings. The standard InChI is InChI=1S/C14H17F2NO/c15-10-7-11-9(3-6-18-11)13(16)12(10)14(8-17)4-1-2-5-14/h7H,1-6,8,17H2. The van der Waals surface area contributed by atoms with Crippen LogP contribution in [0.1, 0.15) is 36.8 Å². The van der Waals surface area contributed by atoms with Crippen molar-refractivity contribution >= 4 is 0 Å². The van der Waals surface area contributed by atoms with Gasteiger partial charge in [0, 0.05) is 35.6 Å². The van der Waals surface area contributed by atoms with Crippen LogP contribution in [0, 0.1) is 11.6 Å². The lowest BCUT2D eigenvalue weighted by molar-refractivity contribution is 0.353. The van der Waals surface area contributed by atoms with Crippen LogP contribution >= 0.6 is 0 Å². The Hall–Kier alpha value is -1.16. The molecule has 1 aliphatic heterocycles. The van der Waals surface area contributed by atoms with Gasteiger partial charge in [-0.25, -0.2) is 8.78 Å². The molecule has 0 radical (unpaired) electrons. The summed E-state index contributed by atoms with van der Waals surface area (Å²) >= 11 is 0. The monoisotopic (exact) mass is 253 g/mol. The Balaban J connectivity index is 2.17. The maximum atomic E-state index is 14.5. The smallest absolute Gasteiger partial charge is 0.136 e. The summed E-state index contributed by atoms with van der Waals surface area (Å²) in [5, 5.41) is 0. The minimum absolute atomic E-state index is 0.201. The van der Waals surface area contributed by atoms with Crippen LogP contribution in [0.4, 0.5) is 8.78 Å². The van der Waals surface area contributed by atoms with Crippen LogP contribution in [0.25, 0.3) is 0 Å². The van der Waals surface area contributed by atoms with Gasteiger partial charge >= 0.3 is 0 Å². The van der Waals surface area contributed by atoms with Gasteiger partial charge in [-0.05, 0) is 12.8 Å². The zero-order chi connectivity index (χ0) is 12.8. The second-order valence-electron chi connectivity index (χ2n) is 5.31. The van der Waals surface area contributed by atoms with Gasteiger partial charge in [0.25, 0.3) is 0 Å². The first-order valence-corrected chi connectivity index (χ1v) is 6.52. The Bertz CT molecular complexity index is 481. The molecule has 0 bridgehead atoms. The summed E-state index contributed by atoms with van der Waals surface area (Å²) in [6.07, 6.45) is 4.05. The lowest BCUT2D eigenvalue weighted by atomic mass is 9.77. The first-order valence-electron chi connectivity index (χ1n) is 6.52. The number of fused-ring (bicyclic) bond motifs is 1. The van der Waals surface area contributed by atoms with Gasteiger partial charge in [-0.3, -0.25) is 0 Å². The zero-order valence-corrected chi connectivity index (χ0v) is 10.3. The van der Waals surface area contributed by atoms with Gasteiger partial charge in [0.1, 0.15) is 17.4 Å². The van der Waals surface area contributed by atoms with E-state index in [2.05, 4.69) is 0 Å². The van der Waals surface area contributed by atoms with Crippen LogP contribution in [0.3, 0.4) is 0 Å². The molecule has 1 heterocycles. The highest BCUT2D eigenvalue weighted by Crippen LogP contribution is 2.45. The van der Waals surface area contributed by atoms with Crippen molar-refractivity contribution in [1.82, 2.24) is 0 Å². The second-order valence-corrected chi connectivity index (χ2v) is 5.31. The summed E-state index contributed by atoms with van der Waals surface area (Å²) in [6, 6.07) is 1.33. The summed E-state index contributed by atoms with van der Waals surface area (Å²) < 4.78 is 34.0. The van der Waals surface area contributed by atoms with E-state index < -0.39 is 17.0 Å². The first kappa shape index (κ1) is 11.9. The lowest BCUT2D eigenvalue weighted by Crippen LogP contribution is -2.34. The average Bonchev–Trinajstić information content (AvgIpc) is 2.98. The molecule has 4 heteroatoms. The summed E-state index contributed by atoms with van der Waals surface area (Å²) in [6.45, 7) is 0.741. The number of nitrogens with two attached hydrogens (primary N) is 1. The van der Waals surface area contributed by atoms with Crippen molar-refractivity contribution in [3.8, 4) is 5.75 Å². The second kappa shape index (κ2) is 4.19. The largest absolute Gasteiger partial charge is 0.493 e. The molecule has 1 aromatic rings. The van der Waals surface area contributed by atoms with Gasteiger partial charge in [-0.2, -0.15) is 0 Å². The quantitative estimate of drug-likeness (QED) is 0.879. The molecule has 2 nitrogen and oxygen atoms in total. The van der Waals surface area contributed by atoms with Crippen LogP contribution in [0.15, 0.2) is 6.07 Å². The van der Waals surface area contributed by atoms with Gasteiger partial charge in [0.05, 0.1) is 6.61 Å². The predicted molar refractivity (Wildman–Crippen MR) is 64.8 cm³/mol. The zero-order valence-electron chi connectivity index (χ0n) is 10.3. The lowest BCUT2D eigenvalue weighted by Gasteiger charge is -2.29. The molecule has 0 unspecified atom stereocenters. The fourth-order valence-corrected chi connectivity index (χ4v) is 3.36. The maximum Gasteiger partial charge on any atom is 0.136 e. The summed E-state index contributed by atoms with van der Waals surface area (Å²) in [5.74, 6) is -0.561. The Kier molecular flexibility index (Phi) is 2.77. The van der Waals surface area contributed by atoms with E-state index in [1.54, 1.807) is 0 Å². The van der Waals surface area contributed by atoms with Gasteiger partial charge in [-0.1, -0.05) is 12.8 Å². The molecule has 18 heavy (non-hydrogen) atoms. The van der Waals surface area contributed by atoms with E-state index in [-0.39, 0.29) is 5.56 Å². The molecule has 2 N–H and O–H groups in total. The normalized spacial score (nSPS) is 20.8. The van der Waals surface area contributed by atoms with Gasteiger partial charge in [0.2, 0.25) is 0 Å². The predicted octanol–water partition coefficient (Wildman–Crippen LogP) is 2.67. The third kappa shape index (κ3) is 1.55. The van der Waals surface area contributed by atoms with Crippen LogP contribution in [0.5, 0.6) is 5.75 Å². The summed E-state index contributed by atoms with van der Waals surface area (Å²) in [4.78, 5) is 0. The van der Waals surface area contributed by atoms with Gasteiger partial charge in [-0.15, -0.1) is 0 Å². The molecular weight excluding hydrogens is 236 g/mol. The molecule has 2 aliphatic rings. The fraction of sp³-hybridized carbons (Fsp3) is 0.571. The minimum Gasteiger partial charge on any atom is -0.493 e. The number of benzene rings is 1. The van der Waals surface area contributed by atoms with E-state index in [0.29, 0.717) is 30.9 Å². The van der Waals surface area contributed by atoms with Gasteiger partial charge < -0.3 is 10.5 Å². The third-order valence-electron chi connectivity index (χ3n) is 4.37. The highest BCUT2D eigenvalue weighted by Gasteiger charge is 2.40. The molecule has 0 atom stereocenters. The van der Waals surface area contributed by atoms with Crippen molar-refractivity contribution in [1.29, 1.82) is 0 Å². The maximum absolute atomic E-state index is 14.5. The molecule has 1 aromatic carbocycles. The Morgan fingerprint density at radius 3 is 2.67 bits per heavy atom. The number of halogens is 2. The number of rotatable bonds is 2. The van der Waals surface area contributed by atoms with Crippen LogP contribution < -0.4 is 10.5 Å². The molecule has 1 aliphatic carbocycles. The minimum atomic E-state index is -0.508. The number of ether oxygens (including phenoxy) is 1. The fourth-order valence-electron chi connectivity index (χ4n) is 3.36. The van der Waals surface area contributed by atoms with Gasteiger partial charge in [0.15, 0.2) is 0 Å². The Labute approximate surface area is 105 Å². The molecule has 0 saturated heterocycles. The van der Waals surface area contributed by atoms with Crippen molar-refractivity contribution in [2.45, 2.75) is 37.5 Å². The van der Waals surface area contributed by atoms with Crippen molar-refractivity contribution in [2.24, 2.45) is 5.73 Å². The Morgan fingerprint density at radius 2 is 2.00 bits per heavy atom. The van der Waals surface area contributed by atoms with Crippen LogP contribution in [-0.2, 0) is 11.8 Å². The highest BCUT2D eigenvalue weighted by molar-refractivity contribution is 5.45. The van der Waals surface area contributed by atoms with Crippen molar-refractivity contribution in [2.75, 3.05) is 13.2 Å². The number of hydrogen-bond acceptors (Lipinski definition) is 2. The molecule has 3 rings (SSSR count). The molecule has 0 spiro atoms. The van der Waals surface area contributed by atoms with E-state index in [1.165, 1.54) is 6.07 Å². The first-order chi connectivity index (χ1) is 8.68. The van der Waals surface area contributed by atoms with Crippen molar-refractivity contribution in [3.63, 3.8) is 0 Å². The highest BCUT2D eigenvalue weighted by atomic mass is 19.1. The van der Waals surface area contributed by atoms with Crippen LogP contribution in [-0.4, -0.2) is 13.2 Å². The SMILES string of the molecule is NCC1(c2c(F)cc3c(c2F)CCO3)CCCC1. The third-order valence-corrected chi connectivity index (χ3v) is 4.37. The van der Waals surface area contributed by atoms with Crippen LogP contribution in [0.2, 0.25) is 0 Å². The number of hydrogen-bond donors (Lipinski definition) is 1. The van der Waals surface area contributed by atoms with E-state index in [0.717, 1.165) is 25.7 Å². The van der Waals surface area contributed by atoms with E-state index >= 15 is 0 Å². The molecule has 0 amide bonds. The molecule has 98 valence electrons. The molecule has 0 aromatic heterocycles. The van der Waals surface area contributed by atoms with E-state index in [1.807, 2.05) is 0 Å². The van der Waals surface area contributed by atoms with E-state index in [4.69, 9.17) is 10.5 Å². The topological polar surface area (TPSA) is 35.2 Å². The van der Waals surface area contributed by atoms with E-state index in [9.17, 15) is 8.78 Å². The van der Waals surface area contributed by atoms with Crippen molar-refractivity contribution < 1.29 is 13.5 Å². The molecule has 1 saturated carbocycles. The summed E-state index contributed by atoms with van der Waals surface area (Å²) in [7, 11) is 0. The molecular formula is C14H17F2NO. The summed E-state index contributed by atoms with van der Waals surface area (Å²) in [5.41, 5.74) is 6.03. The average molecular weight is 253 g/mol. The van der Waals surface area contributed by atoms with Crippen molar-refractivity contribution in [3.05, 3.63) is 28.8 Å².